The summed E-state index contributed by atoms with van der Waals surface area (Å²) in [5.41, 5.74) is 1.67. The fraction of sp³-hybridized carbons (Fsp3) is 0.562. The molecule has 1 aromatic heterocycles. The predicted molar refractivity (Wildman–Crippen MR) is 84.8 cm³/mol. The van der Waals surface area contributed by atoms with Crippen LogP contribution in [0, 0.1) is 22.4 Å². The Morgan fingerprint density at radius 3 is 2.71 bits per heavy atom. The lowest BCUT2D eigenvalue weighted by atomic mass is 9.83. The number of ether oxygens (including phenoxy) is 1. The number of nitrogens with one attached hydrogen (secondary N) is 1. The normalized spacial score (nSPS) is 22.6. The van der Waals surface area contributed by atoms with Crippen molar-refractivity contribution in [2.45, 2.75) is 39.2 Å². The molecule has 0 aliphatic heterocycles. The van der Waals surface area contributed by atoms with Gasteiger partial charge in [-0.15, -0.1) is 0 Å². The third-order valence-corrected chi connectivity index (χ3v) is 4.95. The molecule has 1 fully saturated rings. The smallest absolute Gasteiger partial charge is 0.178 e. The van der Waals surface area contributed by atoms with Crippen LogP contribution >= 0.6 is 12.2 Å². The average molecular weight is 308 g/mol. The Balaban J connectivity index is 1.94. The molecule has 0 bridgehead atoms. The van der Waals surface area contributed by atoms with E-state index in [1.54, 1.807) is 6.07 Å². The lowest BCUT2D eigenvalue weighted by molar-refractivity contribution is 0.266. The van der Waals surface area contributed by atoms with Crippen molar-refractivity contribution in [3.8, 4) is 5.75 Å². The summed E-state index contributed by atoms with van der Waals surface area (Å²) in [5.74, 6) is 1.40. The highest BCUT2D eigenvalue weighted by Crippen LogP contribution is 2.31. The zero-order valence-electron chi connectivity index (χ0n) is 12.5. The fourth-order valence-corrected chi connectivity index (χ4v) is 3.55. The molecule has 3 rings (SSSR count). The fourth-order valence-electron chi connectivity index (χ4n) is 3.27. The van der Waals surface area contributed by atoms with Crippen LogP contribution in [0.4, 0.5) is 4.39 Å². The van der Waals surface area contributed by atoms with Crippen LogP contribution in [0.15, 0.2) is 12.1 Å². The van der Waals surface area contributed by atoms with Crippen LogP contribution in [0.3, 0.4) is 0 Å². The zero-order valence-corrected chi connectivity index (χ0v) is 13.3. The predicted octanol–water partition coefficient (Wildman–Crippen LogP) is 4.67. The van der Waals surface area contributed by atoms with Gasteiger partial charge < -0.3 is 14.3 Å². The third-order valence-electron chi connectivity index (χ3n) is 4.62. The van der Waals surface area contributed by atoms with Crippen LogP contribution in [-0.2, 0) is 6.54 Å². The molecule has 1 N–H and O–H groups in total. The molecule has 5 heteroatoms. The first-order valence-electron chi connectivity index (χ1n) is 7.54. The van der Waals surface area contributed by atoms with E-state index in [4.69, 9.17) is 17.0 Å². The Kier molecular flexibility index (Phi) is 4.02. The Morgan fingerprint density at radius 2 is 2.05 bits per heavy atom. The van der Waals surface area contributed by atoms with Gasteiger partial charge in [-0.1, -0.05) is 19.8 Å². The molecule has 0 spiro atoms. The summed E-state index contributed by atoms with van der Waals surface area (Å²) in [6, 6.07) is 3.20. The maximum Gasteiger partial charge on any atom is 0.178 e. The van der Waals surface area contributed by atoms with Gasteiger partial charge in [0.1, 0.15) is 0 Å². The first-order chi connectivity index (χ1) is 10.1. The molecule has 0 unspecified atom stereocenters. The molecule has 3 nitrogen and oxygen atoms in total. The summed E-state index contributed by atoms with van der Waals surface area (Å²) in [6.45, 7) is 3.22. The molecule has 0 atom stereocenters. The van der Waals surface area contributed by atoms with E-state index in [-0.39, 0.29) is 11.6 Å². The molecule has 0 radical (unpaired) electrons. The second-order valence-corrected chi connectivity index (χ2v) is 6.56. The molecular formula is C16H21FN2OS. The summed E-state index contributed by atoms with van der Waals surface area (Å²) in [5, 5.41) is 0. The average Bonchev–Trinajstić information content (AvgIpc) is 2.75. The van der Waals surface area contributed by atoms with E-state index in [9.17, 15) is 4.39 Å². The number of H-pyrrole nitrogens is 1. The van der Waals surface area contributed by atoms with Crippen molar-refractivity contribution in [2.75, 3.05) is 7.11 Å². The van der Waals surface area contributed by atoms with Gasteiger partial charge in [0.25, 0.3) is 0 Å². The van der Waals surface area contributed by atoms with Gasteiger partial charge in [-0.2, -0.15) is 0 Å². The second-order valence-electron chi connectivity index (χ2n) is 6.17. The Bertz CT molecular complexity index is 698. The topological polar surface area (TPSA) is 29.9 Å². The molecule has 2 aromatic rings. The van der Waals surface area contributed by atoms with Crippen molar-refractivity contribution in [1.82, 2.24) is 9.55 Å². The number of rotatable bonds is 3. The quantitative estimate of drug-likeness (QED) is 0.835. The lowest BCUT2D eigenvalue weighted by Crippen LogP contribution is -2.17. The summed E-state index contributed by atoms with van der Waals surface area (Å²) >= 11 is 5.41. The minimum absolute atomic E-state index is 0.266. The number of fused-ring (bicyclic) bond motifs is 1. The molecule has 0 saturated heterocycles. The van der Waals surface area contributed by atoms with E-state index in [2.05, 4.69) is 16.5 Å². The lowest BCUT2D eigenvalue weighted by Gasteiger charge is -2.26. The minimum Gasteiger partial charge on any atom is -0.494 e. The molecule has 0 amide bonds. The Labute approximate surface area is 129 Å². The summed E-state index contributed by atoms with van der Waals surface area (Å²) in [4.78, 5) is 3.10. The van der Waals surface area contributed by atoms with E-state index in [1.807, 2.05) is 0 Å². The molecule has 114 valence electrons. The highest BCUT2D eigenvalue weighted by Gasteiger charge is 2.20. The van der Waals surface area contributed by atoms with E-state index in [0.717, 1.165) is 23.5 Å². The number of aromatic nitrogens is 2. The van der Waals surface area contributed by atoms with Crippen molar-refractivity contribution < 1.29 is 9.13 Å². The number of benzene rings is 1. The van der Waals surface area contributed by atoms with Crippen molar-refractivity contribution in [1.29, 1.82) is 0 Å². The summed E-state index contributed by atoms with van der Waals surface area (Å²) < 4.78 is 21.6. The number of methoxy groups -OCH3 is 1. The van der Waals surface area contributed by atoms with Gasteiger partial charge in [-0.05, 0) is 36.9 Å². The van der Waals surface area contributed by atoms with Crippen LogP contribution in [0.2, 0.25) is 0 Å². The molecule has 1 aliphatic rings. The van der Waals surface area contributed by atoms with Crippen molar-refractivity contribution in [3.05, 3.63) is 22.7 Å². The summed E-state index contributed by atoms with van der Waals surface area (Å²) in [7, 11) is 1.48. The number of hydrogen-bond donors (Lipinski definition) is 1. The number of hydrogen-bond acceptors (Lipinski definition) is 2. The second kappa shape index (κ2) is 5.79. The first kappa shape index (κ1) is 14.6. The van der Waals surface area contributed by atoms with Crippen LogP contribution in [0.25, 0.3) is 11.0 Å². The summed E-state index contributed by atoms with van der Waals surface area (Å²) in [6.07, 6.45) is 5.07. The highest BCUT2D eigenvalue weighted by atomic mass is 32.1. The highest BCUT2D eigenvalue weighted by molar-refractivity contribution is 7.71. The van der Waals surface area contributed by atoms with E-state index in [1.165, 1.54) is 38.9 Å². The molecule has 21 heavy (non-hydrogen) atoms. The van der Waals surface area contributed by atoms with Gasteiger partial charge in [0.05, 0.1) is 18.1 Å². The molecule has 1 saturated carbocycles. The maximum atomic E-state index is 13.8. The minimum atomic E-state index is -0.361. The Morgan fingerprint density at radius 1 is 1.33 bits per heavy atom. The molecule has 1 aliphatic carbocycles. The van der Waals surface area contributed by atoms with Crippen LogP contribution in [0.1, 0.15) is 32.6 Å². The van der Waals surface area contributed by atoms with Gasteiger partial charge in [-0.25, -0.2) is 4.39 Å². The van der Waals surface area contributed by atoms with Crippen LogP contribution < -0.4 is 4.74 Å². The largest absolute Gasteiger partial charge is 0.494 e. The Hall–Kier alpha value is -1.36. The number of halogens is 1. The van der Waals surface area contributed by atoms with Gasteiger partial charge in [-0.3, -0.25) is 0 Å². The van der Waals surface area contributed by atoms with E-state index < -0.39 is 0 Å². The van der Waals surface area contributed by atoms with Crippen molar-refractivity contribution >= 4 is 23.3 Å². The van der Waals surface area contributed by atoms with Crippen LogP contribution in [0.5, 0.6) is 5.75 Å². The van der Waals surface area contributed by atoms with Crippen LogP contribution in [-0.4, -0.2) is 16.7 Å². The monoisotopic (exact) mass is 308 g/mol. The maximum absolute atomic E-state index is 13.8. The van der Waals surface area contributed by atoms with E-state index >= 15 is 0 Å². The van der Waals surface area contributed by atoms with E-state index in [0.29, 0.717) is 10.7 Å². The van der Waals surface area contributed by atoms with Gasteiger partial charge >= 0.3 is 0 Å². The molecule has 1 aromatic carbocycles. The van der Waals surface area contributed by atoms with Crippen molar-refractivity contribution in [3.63, 3.8) is 0 Å². The van der Waals surface area contributed by atoms with Gasteiger partial charge in [0.2, 0.25) is 0 Å². The molecular weight excluding hydrogens is 287 g/mol. The first-order valence-corrected chi connectivity index (χ1v) is 7.95. The number of nitrogens with zero attached hydrogens (tertiary/aromatic N) is 1. The van der Waals surface area contributed by atoms with Gasteiger partial charge in [0.15, 0.2) is 16.3 Å². The standard InChI is InChI=1S/C16H21FN2OS/c1-10-3-5-11(6-4-10)9-19-14-8-15(20-2)12(17)7-13(14)18-16(19)21/h7-8,10-11H,3-6,9H2,1-2H3,(H,18,21). The third kappa shape index (κ3) is 2.84. The van der Waals surface area contributed by atoms with Crippen molar-refractivity contribution in [2.24, 2.45) is 11.8 Å². The SMILES string of the molecule is COc1cc2c(cc1F)[nH]c(=S)n2CC1CCC(C)CC1. The number of imidazole rings is 1. The molecule has 1 heterocycles. The number of aromatic amines is 1. The zero-order chi connectivity index (χ0) is 15.0. The van der Waals surface area contributed by atoms with Gasteiger partial charge in [0, 0.05) is 18.7 Å².